The van der Waals surface area contributed by atoms with Crippen LogP contribution in [0.4, 0.5) is 0 Å². The zero-order valence-electron chi connectivity index (χ0n) is 11.9. The molecule has 0 unspecified atom stereocenters. The molecule has 2 heterocycles. The van der Waals surface area contributed by atoms with Gasteiger partial charge in [0, 0.05) is 17.5 Å². The Balaban J connectivity index is 2.32. The third kappa shape index (κ3) is 1.78. The number of benzene rings is 1. The van der Waals surface area contributed by atoms with Gasteiger partial charge in [-0.25, -0.2) is 0 Å². The monoisotopic (exact) mass is 267 g/mol. The zero-order chi connectivity index (χ0) is 14.3. The van der Waals surface area contributed by atoms with Crippen LogP contribution in [0.5, 0.6) is 5.75 Å². The molecule has 1 aromatic carbocycles. The molecule has 0 saturated heterocycles. The van der Waals surface area contributed by atoms with Crippen molar-refractivity contribution in [2.24, 2.45) is 0 Å². The number of hydrogen-bond donors (Lipinski definition) is 1. The quantitative estimate of drug-likeness (QED) is 0.862. The van der Waals surface area contributed by atoms with Gasteiger partial charge < -0.3 is 4.74 Å². The highest BCUT2D eigenvalue weighted by Crippen LogP contribution is 2.42. The smallest absolute Gasteiger partial charge is 0.166 e. The number of H-pyrrole nitrogens is 1. The van der Waals surface area contributed by atoms with Crippen LogP contribution in [-0.4, -0.2) is 16.8 Å². The second-order valence-electron chi connectivity index (χ2n) is 5.47. The van der Waals surface area contributed by atoms with Gasteiger partial charge >= 0.3 is 0 Å². The molecular formula is C16H17N3O. The summed E-state index contributed by atoms with van der Waals surface area (Å²) in [5, 5.41) is 16.3. The van der Waals surface area contributed by atoms with Gasteiger partial charge in [-0.05, 0) is 24.0 Å². The number of aromatic nitrogens is 2. The highest BCUT2D eigenvalue weighted by atomic mass is 16.5. The maximum atomic E-state index is 9.16. The van der Waals surface area contributed by atoms with Gasteiger partial charge in [-0.2, -0.15) is 10.4 Å². The molecule has 0 saturated carbocycles. The summed E-state index contributed by atoms with van der Waals surface area (Å²) < 4.78 is 6.00. The van der Waals surface area contributed by atoms with Gasteiger partial charge in [-0.15, -0.1) is 0 Å². The van der Waals surface area contributed by atoms with Gasteiger partial charge in [-0.1, -0.05) is 26.0 Å². The number of rotatable bonds is 1. The molecule has 1 N–H and O–H groups in total. The third-order valence-corrected chi connectivity index (χ3v) is 3.84. The Hall–Kier alpha value is -2.28. The van der Waals surface area contributed by atoms with Crippen LogP contribution in [0.3, 0.4) is 0 Å². The number of nitrogens with zero attached hydrogens (tertiary/aromatic N) is 2. The van der Waals surface area contributed by atoms with E-state index in [1.165, 1.54) is 5.56 Å². The van der Waals surface area contributed by atoms with Gasteiger partial charge in [0.2, 0.25) is 0 Å². The summed E-state index contributed by atoms with van der Waals surface area (Å²) in [5.41, 5.74) is 5.78. The topological polar surface area (TPSA) is 61.7 Å². The SMILES string of the molecule is Cc1ccc(C(C)C)c2c1-c1[nH]nc(C#N)c1CCO2. The average molecular weight is 267 g/mol. The van der Waals surface area contributed by atoms with Crippen molar-refractivity contribution >= 4 is 0 Å². The van der Waals surface area contributed by atoms with E-state index < -0.39 is 0 Å². The molecule has 1 aromatic heterocycles. The Morgan fingerprint density at radius 2 is 2.20 bits per heavy atom. The highest BCUT2D eigenvalue weighted by Gasteiger charge is 2.25. The first-order chi connectivity index (χ1) is 9.63. The summed E-state index contributed by atoms with van der Waals surface area (Å²) in [6, 6.07) is 6.39. The summed E-state index contributed by atoms with van der Waals surface area (Å²) in [7, 11) is 0. The standard InChI is InChI=1S/C16H17N3O/c1-9(2)11-5-4-10(3)14-15-12(6-7-20-16(11)14)13(8-17)18-19-15/h4-5,9H,6-7H2,1-3H3,(H,18,19). The molecular weight excluding hydrogens is 250 g/mol. The average Bonchev–Trinajstić information content (AvgIpc) is 2.71. The van der Waals surface area contributed by atoms with Crippen molar-refractivity contribution in [3.05, 3.63) is 34.5 Å². The summed E-state index contributed by atoms with van der Waals surface area (Å²) >= 11 is 0. The first-order valence-corrected chi connectivity index (χ1v) is 6.87. The van der Waals surface area contributed by atoms with Gasteiger partial charge in [0.15, 0.2) is 5.69 Å². The van der Waals surface area contributed by atoms with E-state index in [2.05, 4.69) is 49.2 Å². The number of aryl methyl sites for hydroxylation is 1. The molecule has 0 amide bonds. The van der Waals surface area contributed by atoms with E-state index in [0.717, 1.165) is 28.1 Å². The Morgan fingerprint density at radius 3 is 2.90 bits per heavy atom. The molecule has 2 aromatic rings. The van der Waals surface area contributed by atoms with Gasteiger partial charge in [0.05, 0.1) is 12.3 Å². The summed E-state index contributed by atoms with van der Waals surface area (Å²) in [5.74, 6) is 1.33. The minimum Gasteiger partial charge on any atom is -0.492 e. The molecule has 1 aliphatic heterocycles. The lowest BCUT2D eigenvalue weighted by molar-refractivity contribution is 0.321. The molecule has 20 heavy (non-hydrogen) atoms. The van der Waals surface area contributed by atoms with E-state index >= 15 is 0 Å². The molecule has 0 bridgehead atoms. The first kappa shape index (κ1) is 12.7. The van der Waals surface area contributed by atoms with Crippen LogP contribution in [0.15, 0.2) is 12.1 Å². The molecule has 0 radical (unpaired) electrons. The van der Waals surface area contributed by atoms with E-state index in [1.807, 2.05) is 0 Å². The number of ether oxygens (including phenoxy) is 1. The fraction of sp³-hybridized carbons (Fsp3) is 0.375. The molecule has 1 aliphatic rings. The van der Waals surface area contributed by atoms with Gasteiger partial charge in [-0.3, -0.25) is 5.10 Å². The molecule has 0 atom stereocenters. The molecule has 102 valence electrons. The Kier molecular flexibility index (Phi) is 2.98. The van der Waals surface area contributed by atoms with Crippen molar-refractivity contribution in [1.29, 1.82) is 5.26 Å². The predicted octanol–water partition coefficient (Wildman–Crippen LogP) is 3.32. The number of fused-ring (bicyclic) bond motifs is 3. The van der Waals surface area contributed by atoms with E-state index in [4.69, 9.17) is 10.00 Å². The fourth-order valence-corrected chi connectivity index (χ4v) is 2.78. The molecule has 4 nitrogen and oxygen atoms in total. The first-order valence-electron chi connectivity index (χ1n) is 6.87. The normalized spacial score (nSPS) is 13.2. The van der Waals surface area contributed by atoms with Crippen LogP contribution in [0.1, 0.15) is 42.1 Å². The Morgan fingerprint density at radius 1 is 1.40 bits per heavy atom. The summed E-state index contributed by atoms with van der Waals surface area (Å²) in [6.45, 7) is 6.97. The lowest BCUT2D eigenvalue weighted by atomic mass is 9.93. The minimum absolute atomic E-state index is 0.393. The van der Waals surface area contributed by atoms with Crippen LogP contribution in [0, 0.1) is 18.3 Å². The van der Waals surface area contributed by atoms with Crippen molar-refractivity contribution in [3.8, 4) is 23.1 Å². The van der Waals surface area contributed by atoms with Crippen molar-refractivity contribution in [2.45, 2.75) is 33.1 Å². The fourth-order valence-electron chi connectivity index (χ4n) is 2.78. The number of aromatic amines is 1. The molecule has 3 rings (SSSR count). The minimum atomic E-state index is 0.393. The van der Waals surface area contributed by atoms with Crippen LogP contribution in [-0.2, 0) is 6.42 Å². The second kappa shape index (κ2) is 4.68. The van der Waals surface area contributed by atoms with Crippen LogP contribution < -0.4 is 4.74 Å². The largest absolute Gasteiger partial charge is 0.492 e. The third-order valence-electron chi connectivity index (χ3n) is 3.84. The van der Waals surface area contributed by atoms with E-state index in [1.54, 1.807) is 0 Å². The van der Waals surface area contributed by atoms with E-state index in [-0.39, 0.29) is 0 Å². The number of nitrogens with one attached hydrogen (secondary N) is 1. The van der Waals surface area contributed by atoms with Crippen LogP contribution in [0.2, 0.25) is 0 Å². The molecule has 0 fully saturated rings. The molecule has 4 heteroatoms. The second-order valence-corrected chi connectivity index (χ2v) is 5.47. The van der Waals surface area contributed by atoms with Crippen molar-refractivity contribution in [3.63, 3.8) is 0 Å². The Labute approximate surface area is 118 Å². The molecule has 0 spiro atoms. The maximum absolute atomic E-state index is 9.16. The predicted molar refractivity (Wildman–Crippen MR) is 76.8 cm³/mol. The number of hydrogen-bond acceptors (Lipinski definition) is 3. The van der Waals surface area contributed by atoms with Crippen molar-refractivity contribution < 1.29 is 4.74 Å². The van der Waals surface area contributed by atoms with Crippen LogP contribution in [0.25, 0.3) is 11.3 Å². The lowest BCUT2D eigenvalue weighted by Gasteiger charge is -2.17. The lowest BCUT2D eigenvalue weighted by Crippen LogP contribution is -2.03. The molecule has 0 aliphatic carbocycles. The van der Waals surface area contributed by atoms with Crippen molar-refractivity contribution in [2.75, 3.05) is 6.61 Å². The van der Waals surface area contributed by atoms with Gasteiger partial charge in [0.1, 0.15) is 11.8 Å². The van der Waals surface area contributed by atoms with Gasteiger partial charge in [0.25, 0.3) is 0 Å². The summed E-state index contributed by atoms with van der Waals surface area (Å²) in [6.07, 6.45) is 0.709. The zero-order valence-corrected chi connectivity index (χ0v) is 11.9. The number of nitriles is 1. The Bertz CT molecular complexity index is 707. The van der Waals surface area contributed by atoms with E-state index in [0.29, 0.717) is 24.6 Å². The summed E-state index contributed by atoms with van der Waals surface area (Å²) in [4.78, 5) is 0. The highest BCUT2D eigenvalue weighted by molar-refractivity contribution is 5.77. The van der Waals surface area contributed by atoms with E-state index in [9.17, 15) is 0 Å². The van der Waals surface area contributed by atoms with Crippen molar-refractivity contribution in [1.82, 2.24) is 10.2 Å². The maximum Gasteiger partial charge on any atom is 0.166 e. The van der Waals surface area contributed by atoms with Crippen LogP contribution >= 0.6 is 0 Å².